The van der Waals surface area contributed by atoms with Gasteiger partial charge in [-0.05, 0) is 23.5 Å². The van der Waals surface area contributed by atoms with Crippen LogP contribution in [0.3, 0.4) is 0 Å². The Kier molecular flexibility index (Phi) is 7.38. The van der Waals surface area contributed by atoms with Crippen LogP contribution in [0, 0.1) is 5.92 Å². The summed E-state index contributed by atoms with van der Waals surface area (Å²) in [6.45, 7) is 6.37. The van der Waals surface area contributed by atoms with E-state index < -0.39 is 0 Å². The molecule has 0 heterocycles. The van der Waals surface area contributed by atoms with E-state index in [9.17, 15) is 0 Å². The van der Waals surface area contributed by atoms with Crippen LogP contribution < -0.4 is 0 Å². The Bertz CT molecular complexity index is 536. The maximum absolute atomic E-state index is 5.92. The lowest BCUT2D eigenvalue weighted by Gasteiger charge is -2.31. The molecule has 1 nitrogen and oxygen atoms in total. The summed E-state index contributed by atoms with van der Waals surface area (Å²) in [5.41, 5.74) is 4.33. The number of halogens is 1. The zero-order chi connectivity index (χ0) is 16.5. The molecule has 0 saturated heterocycles. The molecule has 0 aliphatic carbocycles. The highest BCUT2D eigenvalue weighted by molar-refractivity contribution is 6.25. The summed E-state index contributed by atoms with van der Waals surface area (Å²) in [7, 11) is 0. The van der Waals surface area contributed by atoms with Crippen LogP contribution in [0.4, 0.5) is 0 Å². The van der Waals surface area contributed by atoms with Gasteiger partial charge in [-0.1, -0.05) is 92.2 Å². The van der Waals surface area contributed by atoms with Gasteiger partial charge in [-0.15, -0.1) is 0 Å². The van der Waals surface area contributed by atoms with Crippen molar-refractivity contribution in [2.24, 2.45) is 5.92 Å². The molecule has 2 heteroatoms. The lowest BCUT2D eigenvalue weighted by atomic mass is 10.0. The minimum atomic E-state index is 0.341. The van der Waals surface area contributed by atoms with Gasteiger partial charge in [0, 0.05) is 24.7 Å². The van der Waals surface area contributed by atoms with E-state index in [0.717, 1.165) is 19.5 Å². The number of benzene rings is 2. The summed E-state index contributed by atoms with van der Waals surface area (Å²) in [6.07, 6.45) is 3.22. The van der Waals surface area contributed by atoms with Crippen LogP contribution in [-0.4, -0.2) is 10.9 Å². The Labute approximate surface area is 145 Å². The molecule has 122 valence electrons. The molecule has 2 rings (SSSR count). The normalized spacial score (nSPS) is 13.1. The third kappa shape index (κ3) is 6.21. The van der Waals surface area contributed by atoms with Gasteiger partial charge in [-0.3, -0.25) is 4.90 Å². The van der Waals surface area contributed by atoms with E-state index >= 15 is 0 Å². The molecule has 2 aromatic rings. The van der Waals surface area contributed by atoms with E-state index in [1.54, 1.807) is 5.54 Å². The second-order valence-corrected chi connectivity index (χ2v) is 6.64. The van der Waals surface area contributed by atoms with E-state index in [-0.39, 0.29) is 0 Å². The third-order valence-corrected chi connectivity index (χ3v) is 4.08. The van der Waals surface area contributed by atoms with Gasteiger partial charge in [0.25, 0.3) is 0 Å². The van der Waals surface area contributed by atoms with Gasteiger partial charge in [-0.25, -0.2) is 0 Å². The molecule has 0 aromatic heterocycles. The third-order valence-electron chi connectivity index (χ3n) is 3.93. The smallest absolute Gasteiger partial charge is 0.0299 e. The summed E-state index contributed by atoms with van der Waals surface area (Å²) in [4.78, 5) is 2.50. The van der Waals surface area contributed by atoms with Crippen molar-refractivity contribution in [2.75, 3.05) is 0 Å². The highest BCUT2D eigenvalue weighted by Crippen LogP contribution is 2.19. The number of hydrogen-bond donors (Lipinski definition) is 0. The lowest BCUT2D eigenvalue weighted by molar-refractivity contribution is 0.189. The van der Waals surface area contributed by atoms with Gasteiger partial charge >= 0.3 is 0 Å². The second kappa shape index (κ2) is 9.54. The molecule has 0 aliphatic rings. The summed E-state index contributed by atoms with van der Waals surface area (Å²) in [5, 5.41) is 0. The zero-order valence-electron chi connectivity index (χ0n) is 14.0. The number of nitrogens with zero attached hydrogens (tertiary/aromatic N) is 1. The van der Waals surface area contributed by atoms with Crippen LogP contribution in [0.5, 0.6) is 0 Å². The summed E-state index contributed by atoms with van der Waals surface area (Å²) >= 11 is 5.92. The maximum Gasteiger partial charge on any atom is 0.0299 e. The van der Waals surface area contributed by atoms with Crippen LogP contribution in [0.2, 0.25) is 0 Å². The SMILES string of the molecule is CC(C)C[C@@H](/C=C/Cl)N(Cc1ccccc1)Cc1ccccc1. The molecule has 2 aromatic carbocycles. The van der Waals surface area contributed by atoms with Gasteiger partial charge < -0.3 is 0 Å². The van der Waals surface area contributed by atoms with E-state index in [1.165, 1.54) is 11.1 Å². The van der Waals surface area contributed by atoms with Crippen molar-refractivity contribution in [2.45, 2.75) is 39.4 Å². The molecule has 23 heavy (non-hydrogen) atoms. The monoisotopic (exact) mass is 327 g/mol. The molecule has 0 amide bonds. The van der Waals surface area contributed by atoms with Crippen molar-refractivity contribution in [3.8, 4) is 0 Å². The minimum absolute atomic E-state index is 0.341. The summed E-state index contributed by atoms with van der Waals surface area (Å²) in [6, 6.07) is 21.6. The molecule has 0 radical (unpaired) electrons. The predicted octanol–water partition coefficient (Wildman–Crippen LogP) is 5.86. The second-order valence-electron chi connectivity index (χ2n) is 6.39. The standard InChI is InChI=1S/C21H26ClN/c1-18(2)15-21(13-14-22)23(16-19-9-5-3-6-10-19)17-20-11-7-4-8-12-20/h3-14,18,21H,15-17H2,1-2H3/b14-13+/t21-/m1/s1. The van der Waals surface area contributed by atoms with Crippen molar-refractivity contribution in [3.63, 3.8) is 0 Å². The van der Waals surface area contributed by atoms with Crippen molar-refractivity contribution in [1.29, 1.82) is 0 Å². The fraction of sp³-hybridized carbons (Fsp3) is 0.333. The van der Waals surface area contributed by atoms with Crippen molar-refractivity contribution < 1.29 is 0 Å². The predicted molar refractivity (Wildman–Crippen MR) is 100 cm³/mol. The van der Waals surface area contributed by atoms with E-state index in [0.29, 0.717) is 12.0 Å². The van der Waals surface area contributed by atoms with Crippen molar-refractivity contribution in [1.82, 2.24) is 4.90 Å². The van der Waals surface area contributed by atoms with Crippen LogP contribution in [0.15, 0.2) is 72.3 Å². The molecular formula is C21H26ClN. The Morgan fingerprint density at radius 2 is 1.35 bits per heavy atom. The van der Waals surface area contributed by atoms with Crippen LogP contribution in [0.25, 0.3) is 0 Å². The molecule has 0 fully saturated rings. The van der Waals surface area contributed by atoms with Gasteiger partial charge in [0.15, 0.2) is 0 Å². The molecule has 0 N–H and O–H groups in total. The first-order valence-electron chi connectivity index (χ1n) is 8.28. The Morgan fingerprint density at radius 1 is 0.870 bits per heavy atom. The fourth-order valence-electron chi connectivity index (χ4n) is 2.84. The average Bonchev–Trinajstić information content (AvgIpc) is 2.55. The highest BCUT2D eigenvalue weighted by Gasteiger charge is 2.18. The van der Waals surface area contributed by atoms with Crippen molar-refractivity contribution >= 4 is 11.6 Å². The first-order valence-corrected chi connectivity index (χ1v) is 8.71. The Balaban J connectivity index is 2.21. The summed E-state index contributed by atoms with van der Waals surface area (Å²) in [5.74, 6) is 0.627. The van der Waals surface area contributed by atoms with Crippen LogP contribution >= 0.6 is 11.6 Å². The highest BCUT2D eigenvalue weighted by atomic mass is 35.5. The topological polar surface area (TPSA) is 3.24 Å². The van der Waals surface area contributed by atoms with E-state index in [1.807, 2.05) is 0 Å². The molecular weight excluding hydrogens is 302 g/mol. The lowest BCUT2D eigenvalue weighted by Crippen LogP contribution is -2.34. The number of hydrogen-bond acceptors (Lipinski definition) is 1. The van der Waals surface area contributed by atoms with Crippen LogP contribution in [0.1, 0.15) is 31.4 Å². The van der Waals surface area contributed by atoms with Gasteiger partial charge in [0.05, 0.1) is 0 Å². The maximum atomic E-state index is 5.92. The molecule has 0 unspecified atom stereocenters. The van der Waals surface area contributed by atoms with E-state index in [4.69, 9.17) is 11.6 Å². The van der Waals surface area contributed by atoms with Crippen LogP contribution in [-0.2, 0) is 13.1 Å². The van der Waals surface area contributed by atoms with Gasteiger partial charge in [0.1, 0.15) is 0 Å². The average molecular weight is 328 g/mol. The molecule has 0 spiro atoms. The fourth-order valence-corrected chi connectivity index (χ4v) is 3.01. The van der Waals surface area contributed by atoms with Crippen molar-refractivity contribution in [3.05, 3.63) is 83.4 Å². The summed E-state index contributed by atoms with van der Waals surface area (Å²) < 4.78 is 0. The quantitative estimate of drug-likeness (QED) is 0.587. The molecule has 1 atom stereocenters. The number of rotatable bonds is 8. The Hall–Kier alpha value is -1.57. The largest absolute Gasteiger partial charge is 0.288 e. The molecule has 0 aliphatic heterocycles. The first kappa shape index (κ1) is 17.8. The van der Waals surface area contributed by atoms with E-state index in [2.05, 4.69) is 85.5 Å². The zero-order valence-corrected chi connectivity index (χ0v) is 14.8. The van der Waals surface area contributed by atoms with Gasteiger partial charge in [-0.2, -0.15) is 0 Å². The molecule has 0 saturated carbocycles. The Morgan fingerprint density at radius 3 is 1.74 bits per heavy atom. The molecule has 0 bridgehead atoms. The minimum Gasteiger partial charge on any atom is -0.288 e. The van der Waals surface area contributed by atoms with Gasteiger partial charge in [0.2, 0.25) is 0 Å². The first-order chi connectivity index (χ1) is 11.2.